The zero-order chi connectivity index (χ0) is 11.9. The van der Waals surface area contributed by atoms with E-state index in [1.165, 1.54) is 0 Å². The number of imidazole rings is 1. The van der Waals surface area contributed by atoms with E-state index in [0.29, 0.717) is 12.5 Å². The zero-order valence-electron chi connectivity index (χ0n) is 9.01. The smallest absolute Gasteiger partial charge is 0.248 e. The van der Waals surface area contributed by atoms with Gasteiger partial charge in [-0.1, -0.05) is 0 Å². The van der Waals surface area contributed by atoms with Crippen LogP contribution in [0.2, 0.25) is 0 Å². The lowest BCUT2D eigenvalue weighted by molar-refractivity contribution is -0.119. The maximum atomic E-state index is 12.6. The van der Waals surface area contributed by atoms with Crippen molar-refractivity contribution >= 4 is 5.65 Å². The van der Waals surface area contributed by atoms with Gasteiger partial charge in [0, 0.05) is 37.2 Å². The normalized spacial score (nSPS) is 19.2. The third kappa shape index (κ3) is 2.07. The van der Waals surface area contributed by atoms with Crippen LogP contribution in [0.4, 0.5) is 8.78 Å². The number of rotatable bonds is 3. The molecule has 0 amide bonds. The molecule has 0 aliphatic heterocycles. The van der Waals surface area contributed by atoms with Gasteiger partial charge in [0.15, 0.2) is 5.65 Å². The molecular formula is C11H11F2N3O. The van der Waals surface area contributed by atoms with E-state index < -0.39 is 5.92 Å². The molecule has 1 saturated carbocycles. The van der Waals surface area contributed by atoms with Crippen molar-refractivity contribution in [3.05, 3.63) is 24.5 Å². The van der Waals surface area contributed by atoms with Gasteiger partial charge in [-0.3, -0.25) is 0 Å². The summed E-state index contributed by atoms with van der Waals surface area (Å²) in [5.74, 6) is -2.12. The zero-order valence-corrected chi connectivity index (χ0v) is 9.01. The fourth-order valence-electron chi connectivity index (χ4n) is 1.98. The molecule has 3 rings (SSSR count). The summed E-state index contributed by atoms with van der Waals surface area (Å²) in [5, 5.41) is 4.15. The quantitative estimate of drug-likeness (QED) is 0.823. The summed E-state index contributed by atoms with van der Waals surface area (Å²) >= 11 is 0. The van der Waals surface area contributed by atoms with Crippen LogP contribution in [0.3, 0.4) is 0 Å². The lowest BCUT2D eigenvalue weighted by Crippen LogP contribution is -2.38. The summed E-state index contributed by atoms with van der Waals surface area (Å²) in [6.07, 6.45) is 3.18. The van der Waals surface area contributed by atoms with E-state index in [9.17, 15) is 8.78 Å². The van der Waals surface area contributed by atoms with E-state index >= 15 is 0 Å². The third-order valence-corrected chi connectivity index (χ3v) is 2.87. The van der Waals surface area contributed by atoms with Crippen LogP contribution in [-0.2, 0) is 0 Å². The molecule has 0 unspecified atom stereocenters. The topological polar surface area (TPSA) is 39.4 Å². The SMILES string of the molecule is FC1(F)CC(COc2ccc3nccn3n2)C1. The van der Waals surface area contributed by atoms with E-state index in [1.807, 2.05) is 0 Å². The number of nitrogens with zero attached hydrogens (tertiary/aromatic N) is 3. The highest BCUT2D eigenvalue weighted by atomic mass is 19.3. The fraction of sp³-hybridized carbons (Fsp3) is 0.455. The predicted octanol–water partition coefficient (Wildman–Crippen LogP) is 2.15. The first-order valence-corrected chi connectivity index (χ1v) is 5.43. The Morgan fingerprint density at radius 2 is 2.24 bits per heavy atom. The van der Waals surface area contributed by atoms with Crippen LogP contribution >= 0.6 is 0 Å². The number of hydrogen-bond acceptors (Lipinski definition) is 3. The summed E-state index contributed by atoms with van der Waals surface area (Å²) in [6, 6.07) is 3.47. The monoisotopic (exact) mass is 239 g/mol. The van der Waals surface area contributed by atoms with Crippen LogP contribution in [0, 0.1) is 5.92 Å². The summed E-state index contributed by atoms with van der Waals surface area (Å²) in [4.78, 5) is 4.05. The van der Waals surface area contributed by atoms with Crippen molar-refractivity contribution < 1.29 is 13.5 Å². The lowest BCUT2D eigenvalue weighted by atomic mass is 9.82. The second kappa shape index (κ2) is 3.65. The van der Waals surface area contributed by atoms with Crippen molar-refractivity contribution in [2.24, 2.45) is 5.92 Å². The van der Waals surface area contributed by atoms with E-state index in [-0.39, 0.29) is 18.8 Å². The van der Waals surface area contributed by atoms with Crippen LogP contribution in [0.15, 0.2) is 24.5 Å². The molecule has 6 heteroatoms. The van der Waals surface area contributed by atoms with Crippen molar-refractivity contribution in [3.63, 3.8) is 0 Å². The Morgan fingerprint density at radius 3 is 3.00 bits per heavy atom. The van der Waals surface area contributed by atoms with Crippen molar-refractivity contribution in [3.8, 4) is 5.88 Å². The minimum Gasteiger partial charge on any atom is -0.476 e. The van der Waals surface area contributed by atoms with Crippen molar-refractivity contribution in [1.29, 1.82) is 0 Å². The number of fused-ring (bicyclic) bond motifs is 1. The van der Waals surface area contributed by atoms with Gasteiger partial charge < -0.3 is 4.74 Å². The van der Waals surface area contributed by atoms with Gasteiger partial charge in [0.05, 0.1) is 6.61 Å². The van der Waals surface area contributed by atoms with Gasteiger partial charge in [0.1, 0.15) is 0 Å². The molecule has 0 bridgehead atoms. The molecule has 2 aromatic rings. The summed E-state index contributed by atoms with van der Waals surface area (Å²) in [7, 11) is 0. The molecule has 0 radical (unpaired) electrons. The number of alkyl halides is 2. The Balaban J connectivity index is 1.61. The average Bonchev–Trinajstić information content (AvgIpc) is 2.70. The first-order valence-electron chi connectivity index (χ1n) is 5.43. The largest absolute Gasteiger partial charge is 0.476 e. The molecule has 90 valence electrons. The van der Waals surface area contributed by atoms with E-state index in [2.05, 4.69) is 10.1 Å². The van der Waals surface area contributed by atoms with Crippen LogP contribution < -0.4 is 4.74 Å². The highest BCUT2D eigenvalue weighted by Gasteiger charge is 2.45. The second-order valence-corrected chi connectivity index (χ2v) is 4.34. The predicted molar refractivity (Wildman–Crippen MR) is 56.2 cm³/mol. The molecule has 0 atom stereocenters. The average molecular weight is 239 g/mol. The maximum Gasteiger partial charge on any atom is 0.248 e. The second-order valence-electron chi connectivity index (χ2n) is 4.34. The van der Waals surface area contributed by atoms with E-state index in [4.69, 9.17) is 4.74 Å². The van der Waals surface area contributed by atoms with Crippen LogP contribution in [-0.4, -0.2) is 27.1 Å². The fourth-order valence-corrected chi connectivity index (χ4v) is 1.98. The molecular weight excluding hydrogens is 228 g/mol. The number of hydrogen-bond donors (Lipinski definition) is 0. The standard InChI is InChI=1S/C11H11F2N3O/c12-11(13)5-8(6-11)7-17-10-2-1-9-14-3-4-16(9)15-10/h1-4,8H,5-7H2. The van der Waals surface area contributed by atoms with E-state index in [1.54, 1.807) is 29.0 Å². The molecule has 2 heterocycles. The maximum absolute atomic E-state index is 12.6. The Kier molecular flexibility index (Phi) is 2.24. The van der Waals surface area contributed by atoms with Gasteiger partial charge in [0.2, 0.25) is 11.8 Å². The van der Waals surface area contributed by atoms with Crippen molar-refractivity contribution in [2.75, 3.05) is 6.61 Å². The Bertz CT molecular complexity index is 532. The highest BCUT2D eigenvalue weighted by molar-refractivity contribution is 5.37. The number of ether oxygens (including phenoxy) is 1. The van der Waals surface area contributed by atoms with Gasteiger partial charge in [-0.05, 0) is 6.07 Å². The van der Waals surface area contributed by atoms with Gasteiger partial charge >= 0.3 is 0 Å². The molecule has 2 aromatic heterocycles. The molecule has 1 fully saturated rings. The molecule has 1 aliphatic rings. The van der Waals surface area contributed by atoms with Gasteiger partial charge in [-0.15, -0.1) is 5.10 Å². The molecule has 0 N–H and O–H groups in total. The van der Waals surface area contributed by atoms with Crippen molar-refractivity contribution in [2.45, 2.75) is 18.8 Å². The van der Waals surface area contributed by atoms with Crippen LogP contribution in [0.5, 0.6) is 5.88 Å². The number of aromatic nitrogens is 3. The van der Waals surface area contributed by atoms with Crippen LogP contribution in [0.1, 0.15) is 12.8 Å². The van der Waals surface area contributed by atoms with Gasteiger partial charge in [-0.25, -0.2) is 18.3 Å². The number of halogens is 2. The Labute approximate surface area is 96.2 Å². The van der Waals surface area contributed by atoms with Crippen molar-refractivity contribution in [1.82, 2.24) is 14.6 Å². The minimum absolute atomic E-state index is 0.0646. The molecule has 0 aromatic carbocycles. The Morgan fingerprint density at radius 1 is 1.41 bits per heavy atom. The summed E-state index contributed by atoms with van der Waals surface area (Å²) < 4.78 is 32.2. The third-order valence-electron chi connectivity index (χ3n) is 2.87. The molecule has 0 spiro atoms. The first-order chi connectivity index (χ1) is 8.12. The molecule has 1 aliphatic carbocycles. The molecule has 0 saturated heterocycles. The molecule has 4 nitrogen and oxygen atoms in total. The summed E-state index contributed by atoms with van der Waals surface area (Å²) in [5.41, 5.74) is 0.729. The molecule has 17 heavy (non-hydrogen) atoms. The van der Waals surface area contributed by atoms with E-state index in [0.717, 1.165) is 5.65 Å². The summed E-state index contributed by atoms with van der Waals surface area (Å²) in [6.45, 7) is 0.294. The van der Waals surface area contributed by atoms with Crippen LogP contribution in [0.25, 0.3) is 5.65 Å². The van der Waals surface area contributed by atoms with Gasteiger partial charge in [0.25, 0.3) is 0 Å². The van der Waals surface area contributed by atoms with Gasteiger partial charge in [-0.2, -0.15) is 0 Å². The lowest BCUT2D eigenvalue weighted by Gasteiger charge is -2.34. The Hall–Kier alpha value is -1.72. The minimum atomic E-state index is -2.49. The highest BCUT2D eigenvalue weighted by Crippen LogP contribution is 2.42. The first kappa shape index (κ1) is 10.4.